The lowest BCUT2D eigenvalue weighted by Crippen LogP contribution is -2.46. The smallest absolute Gasteiger partial charge is 0.280 e. The highest BCUT2D eigenvalue weighted by Gasteiger charge is 2.32. The molecule has 3 rings (SSSR count). The number of nitrogens with zero attached hydrogens (tertiary/aromatic N) is 2. The summed E-state index contributed by atoms with van der Waals surface area (Å²) in [5.74, 6) is -0.433. The molecule has 1 aromatic rings. The van der Waals surface area contributed by atoms with Gasteiger partial charge in [0.15, 0.2) is 5.50 Å². The number of carbonyl (C=O) groups excluding carboxylic acids is 3. The lowest BCUT2D eigenvalue weighted by atomic mass is 10.1. The van der Waals surface area contributed by atoms with E-state index < -0.39 is 11.4 Å². The largest absolute Gasteiger partial charge is 0.392 e. The molecular formula is C18H21Cl2N7O3S. The van der Waals surface area contributed by atoms with Crippen molar-refractivity contribution in [2.45, 2.75) is 5.50 Å². The van der Waals surface area contributed by atoms with Gasteiger partial charge in [0.1, 0.15) is 11.5 Å². The first-order valence-electron chi connectivity index (χ1n) is 9.06. The Bertz CT molecular complexity index is 985. The van der Waals surface area contributed by atoms with Crippen molar-refractivity contribution in [1.82, 2.24) is 31.1 Å². The predicted molar refractivity (Wildman–Crippen MR) is 120 cm³/mol. The highest BCUT2D eigenvalue weighted by Crippen LogP contribution is 2.33. The van der Waals surface area contributed by atoms with Gasteiger partial charge in [0.2, 0.25) is 12.3 Å². The van der Waals surface area contributed by atoms with Crippen LogP contribution in [0.2, 0.25) is 10.0 Å². The maximum Gasteiger partial charge on any atom is 0.280 e. The van der Waals surface area contributed by atoms with E-state index in [1.54, 1.807) is 30.1 Å². The molecule has 2 aliphatic heterocycles. The molecule has 10 nitrogen and oxygen atoms in total. The Morgan fingerprint density at radius 2 is 2.13 bits per heavy atom. The fraction of sp³-hybridized carbons (Fsp3) is 0.278. The highest BCUT2D eigenvalue weighted by molar-refractivity contribution is 8.04. The molecule has 3 amide bonds. The number of hydrogen-bond acceptors (Lipinski definition) is 9. The van der Waals surface area contributed by atoms with E-state index in [1.807, 2.05) is 0 Å². The molecule has 0 aromatic heterocycles. The SMILES string of the molecule is CNC1=C(C(=O)N(C)C=O)N(CC(=O)NC2NC(c3ccc(Cl)c(Cl)c3)=C(N)S2)CN1. The van der Waals surface area contributed by atoms with Crippen molar-refractivity contribution in [1.29, 1.82) is 0 Å². The van der Waals surface area contributed by atoms with Crippen LogP contribution < -0.4 is 27.0 Å². The Kier molecular flexibility index (Phi) is 7.08. The predicted octanol–water partition coefficient (Wildman–Crippen LogP) is 0.180. The first kappa shape index (κ1) is 22.9. The summed E-state index contributed by atoms with van der Waals surface area (Å²) in [7, 11) is 2.99. The van der Waals surface area contributed by atoms with E-state index in [4.69, 9.17) is 28.9 Å². The van der Waals surface area contributed by atoms with Crippen molar-refractivity contribution < 1.29 is 14.4 Å². The zero-order valence-electron chi connectivity index (χ0n) is 16.7. The standard InChI is InChI=1S/C18H21Cl2N7O3S/c1-22-16-14(17(30)26(2)8-28)27(7-23-16)6-12(29)24-18-25-13(15(21)31-18)9-3-4-10(19)11(20)5-9/h3-5,8,18,22-23,25H,6-7,21H2,1-2H3,(H,24,29). The van der Waals surface area contributed by atoms with Gasteiger partial charge in [0.05, 0.1) is 34.0 Å². The molecule has 0 saturated heterocycles. The van der Waals surface area contributed by atoms with Crippen molar-refractivity contribution in [3.8, 4) is 0 Å². The maximum absolute atomic E-state index is 12.6. The van der Waals surface area contributed by atoms with Crippen LogP contribution in [0.25, 0.3) is 5.70 Å². The molecule has 0 radical (unpaired) electrons. The van der Waals surface area contributed by atoms with Crippen LogP contribution in [0, 0.1) is 0 Å². The maximum atomic E-state index is 12.6. The molecule has 166 valence electrons. The Labute approximate surface area is 193 Å². The summed E-state index contributed by atoms with van der Waals surface area (Å²) in [5.41, 5.74) is 7.19. The molecular weight excluding hydrogens is 465 g/mol. The second-order valence-electron chi connectivity index (χ2n) is 6.61. The third kappa shape index (κ3) is 4.94. The molecule has 2 aliphatic rings. The summed E-state index contributed by atoms with van der Waals surface area (Å²) in [5, 5.41) is 13.1. The second-order valence-corrected chi connectivity index (χ2v) is 8.57. The molecule has 31 heavy (non-hydrogen) atoms. The number of rotatable bonds is 7. The Morgan fingerprint density at radius 1 is 1.39 bits per heavy atom. The van der Waals surface area contributed by atoms with Gasteiger partial charge in [-0.15, -0.1) is 0 Å². The Balaban J connectivity index is 1.64. The molecule has 0 aliphatic carbocycles. The lowest BCUT2D eigenvalue weighted by Gasteiger charge is -2.22. The van der Waals surface area contributed by atoms with Crippen LogP contribution in [0.1, 0.15) is 5.56 Å². The zero-order valence-corrected chi connectivity index (χ0v) is 19.0. The third-order valence-electron chi connectivity index (χ3n) is 4.53. The number of halogens is 2. The van der Waals surface area contributed by atoms with E-state index in [1.165, 1.54) is 18.8 Å². The molecule has 0 fully saturated rings. The fourth-order valence-corrected chi connectivity index (χ4v) is 4.23. The molecule has 1 atom stereocenters. The minimum absolute atomic E-state index is 0.104. The van der Waals surface area contributed by atoms with Gasteiger partial charge in [-0.05, 0) is 12.1 Å². The number of nitrogens with two attached hydrogens (primary N) is 1. The summed E-state index contributed by atoms with van der Waals surface area (Å²) in [6.45, 7) is 0.129. The topological polar surface area (TPSA) is 132 Å². The average molecular weight is 486 g/mol. The molecule has 2 heterocycles. The van der Waals surface area contributed by atoms with Crippen LogP contribution in [0.15, 0.2) is 34.7 Å². The molecule has 13 heteroatoms. The minimum atomic E-state index is -0.529. The van der Waals surface area contributed by atoms with Gasteiger partial charge in [0, 0.05) is 19.7 Å². The van der Waals surface area contributed by atoms with E-state index in [-0.39, 0.29) is 24.8 Å². The van der Waals surface area contributed by atoms with Crippen molar-refractivity contribution in [2.24, 2.45) is 5.73 Å². The summed E-state index contributed by atoms with van der Waals surface area (Å²) >= 11 is 13.3. The normalized spacial score (nSPS) is 17.9. The molecule has 0 bridgehead atoms. The van der Waals surface area contributed by atoms with Crippen molar-refractivity contribution in [3.63, 3.8) is 0 Å². The minimum Gasteiger partial charge on any atom is -0.392 e. The van der Waals surface area contributed by atoms with E-state index in [0.717, 1.165) is 10.5 Å². The number of benzene rings is 1. The monoisotopic (exact) mass is 485 g/mol. The molecule has 1 aromatic carbocycles. The van der Waals surface area contributed by atoms with Crippen molar-refractivity contribution >= 4 is 58.9 Å². The number of nitrogens with one attached hydrogen (secondary N) is 4. The van der Waals surface area contributed by atoms with Crippen LogP contribution in [0.5, 0.6) is 0 Å². The van der Waals surface area contributed by atoms with Gasteiger partial charge in [0.25, 0.3) is 5.91 Å². The van der Waals surface area contributed by atoms with Gasteiger partial charge in [-0.2, -0.15) is 0 Å². The summed E-state index contributed by atoms with van der Waals surface area (Å²) in [6, 6.07) is 5.12. The number of amides is 3. The third-order valence-corrected chi connectivity index (χ3v) is 6.20. The zero-order chi connectivity index (χ0) is 22.7. The first-order valence-corrected chi connectivity index (χ1v) is 10.7. The molecule has 0 spiro atoms. The number of likely N-dealkylation sites (N-methyl/N-ethyl adjacent to an activating group) is 1. The summed E-state index contributed by atoms with van der Waals surface area (Å²) < 4.78 is 0. The van der Waals surface area contributed by atoms with E-state index in [9.17, 15) is 14.4 Å². The van der Waals surface area contributed by atoms with Crippen LogP contribution in [-0.4, -0.2) is 60.8 Å². The van der Waals surface area contributed by atoms with Crippen molar-refractivity contribution in [2.75, 3.05) is 27.3 Å². The lowest BCUT2D eigenvalue weighted by molar-refractivity contribution is -0.134. The molecule has 1 unspecified atom stereocenters. The van der Waals surface area contributed by atoms with E-state index in [0.29, 0.717) is 33.0 Å². The number of thioether (sulfide) groups is 1. The quantitative estimate of drug-likeness (QED) is 0.343. The van der Waals surface area contributed by atoms with Crippen LogP contribution >= 0.6 is 35.0 Å². The number of imide groups is 1. The van der Waals surface area contributed by atoms with Gasteiger partial charge >= 0.3 is 0 Å². The van der Waals surface area contributed by atoms with Crippen LogP contribution in [0.4, 0.5) is 0 Å². The average Bonchev–Trinajstić information content (AvgIpc) is 3.31. The van der Waals surface area contributed by atoms with Crippen molar-refractivity contribution in [3.05, 3.63) is 50.4 Å². The Morgan fingerprint density at radius 3 is 2.77 bits per heavy atom. The van der Waals surface area contributed by atoms with Gasteiger partial charge < -0.3 is 31.9 Å². The summed E-state index contributed by atoms with van der Waals surface area (Å²) in [6.07, 6.45) is 0.414. The molecule has 6 N–H and O–H groups in total. The number of carbonyl (C=O) groups is 3. The molecule has 0 saturated carbocycles. The van der Waals surface area contributed by atoms with Gasteiger partial charge in [-0.1, -0.05) is 41.0 Å². The highest BCUT2D eigenvalue weighted by atomic mass is 35.5. The van der Waals surface area contributed by atoms with E-state index in [2.05, 4.69) is 21.3 Å². The van der Waals surface area contributed by atoms with Crippen LogP contribution in [0.3, 0.4) is 0 Å². The Hall–Kier alpha value is -2.76. The van der Waals surface area contributed by atoms with Gasteiger partial charge in [-0.25, -0.2) is 0 Å². The second kappa shape index (κ2) is 9.58. The van der Waals surface area contributed by atoms with Gasteiger partial charge in [-0.3, -0.25) is 19.3 Å². The van der Waals surface area contributed by atoms with Crippen LogP contribution in [-0.2, 0) is 14.4 Å². The van der Waals surface area contributed by atoms with E-state index >= 15 is 0 Å². The first-order chi connectivity index (χ1) is 14.7. The summed E-state index contributed by atoms with van der Waals surface area (Å²) in [4.78, 5) is 38.6. The number of hydrogen-bond donors (Lipinski definition) is 5. The fourth-order valence-electron chi connectivity index (χ4n) is 3.02.